The van der Waals surface area contributed by atoms with E-state index in [1.165, 1.54) is 0 Å². The van der Waals surface area contributed by atoms with Crippen molar-refractivity contribution < 1.29 is 0 Å². The minimum Gasteiger partial charge on any atom is -0.269 e. The molecule has 1 aromatic rings. The number of aliphatic imine (C=N–C) groups is 1. The van der Waals surface area contributed by atoms with Crippen LogP contribution in [0.4, 0.5) is 0 Å². The van der Waals surface area contributed by atoms with E-state index < -0.39 is 0 Å². The van der Waals surface area contributed by atoms with E-state index in [1.807, 2.05) is 45.2 Å². The number of hydrogen-bond acceptors (Lipinski definition) is 2. The van der Waals surface area contributed by atoms with E-state index in [0.717, 1.165) is 22.5 Å². The highest BCUT2D eigenvalue weighted by molar-refractivity contribution is 5.74. The van der Waals surface area contributed by atoms with E-state index in [4.69, 9.17) is 0 Å². The van der Waals surface area contributed by atoms with Crippen LogP contribution in [0.2, 0.25) is 0 Å². The Morgan fingerprint density at radius 3 is 2.67 bits per heavy atom. The van der Waals surface area contributed by atoms with Gasteiger partial charge >= 0.3 is 0 Å². The normalized spacial score (nSPS) is 12.7. The molecule has 0 N–H and O–H groups in total. The third-order valence-electron chi connectivity index (χ3n) is 2.17. The third kappa shape index (κ3) is 3.17. The van der Waals surface area contributed by atoms with Gasteiger partial charge in [-0.05, 0) is 50.8 Å². The monoisotopic (exact) mass is 200 g/mol. The van der Waals surface area contributed by atoms with Crippen LogP contribution in [-0.4, -0.2) is 11.7 Å². The van der Waals surface area contributed by atoms with Gasteiger partial charge in [-0.25, -0.2) is 0 Å². The fraction of sp³-hybridized carbons (Fsp3) is 0.231. The van der Waals surface area contributed by atoms with Crippen LogP contribution in [0.15, 0.2) is 41.2 Å². The minimum atomic E-state index is 0.906. The molecule has 15 heavy (non-hydrogen) atoms. The second-order valence-electron chi connectivity index (χ2n) is 3.38. The van der Waals surface area contributed by atoms with E-state index in [1.54, 1.807) is 0 Å². The molecule has 1 rings (SSSR count). The van der Waals surface area contributed by atoms with Crippen LogP contribution in [0, 0.1) is 6.92 Å². The molecule has 0 atom stereocenters. The highest BCUT2D eigenvalue weighted by Gasteiger charge is 1.98. The van der Waals surface area contributed by atoms with E-state index in [2.05, 4.69) is 22.8 Å². The van der Waals surface area contributed by atoms with Crippen molar-refractivity contribution in [3.05, 3.63) is 47.4 Å². The zero-order valence-corrected chi connectivity index (χ0v) is 9.49. The first-order valence-corrected chi connectivity index (χ1v) is 4.91. The van der Waals surface area contributed by atoms with Crippen molar-refractivity contribution in [2.45, 2.75) is 20.8 Å². The van der Waals surface area contributed by atoms with Crippen molar-refractivity contribution in [1.82, 2.24) is 4.98 Å². The largest absolute Gasteiger partial charge is 0.269 e. The van der Waals surface area contributed by atoms with Crippen LogP contribution < -0.4 is 0 Å². The molecular weight excluding hydrogens is 184 g/mol. The number of hydrogen-bond donors (Lipinski definition) is 0. The highest BCUT2D eigenvalue weighted by Crippen LogP contribution is 2.17. The van der Waals surface area contributed by atoms with E-state index >= 15 is 0 Å². The molecule has 0 bridgehead atoms. The fourth-order valence-corrected chi connectivity index (χ4v) is 1.24. The maximum Gasteiger partial charge on any atom is 0.0373 e. The van der Waals surface area contributed by atoms with Gasteiger partial charge in [-0.1, -0.05) is 12.1 Å². The fourth-order valence-electron chi connectivity index (χ4n) is 1.24. The van der Waals surface area contributed by atoms with Crippen molar-refractivity contribution in [1.29, 1.82) is 0 Å². The summed E-state index contributed by atoms with van der Waals surface area (Å²) in [5.41, 5.74) is 4.15. The van der Waals surface area contributed by atoms with Gasteiger partial charge in [0.05, 0.1) is 0 Å². The average Bonchev–Trinajstić information content (AvgIpc) is 2.27. The Hall–Kier alpha value is -1.70. The minimum absolute atomic E-state index is 0.906. The van der Waals surface area contributed by atoms with Gasteiger partial charge in [0.25, 0.3) is 0 Å². The number of rotatable bonds is 3. The molecule has 1 heterocycles. The molecule has 0 fully saturated rings. The molecule has 0 aromatic carbocycles. The van der Waals surface area contributed by atoms with Gasteiger partial charge in [0.15, 0.2) is 0 Å². The lowest BCUT2D eigenvalue weighted by atomic mass is 10.1. The molecule has 0 aliphatic rings. The summed E-state index contributed by atoms with van der Waals surface area (Å²) in [6.45, 7) is 9.40. The Morgan fingerprint density at radius 2 is 2.20 bits per heavy atom. The second-order valence-corrected chi connectivity index (χ2v) is 3.38. The third-order valence-corrected chi connectivity index (χ3v) is 2.17. The average molecular weight is 200 g/mol. The second kappa shape index (κ2) is 5.25. The summed E-state index contributed by atoms with van der Waals surface area (Å²) in [6, 6.07) is 4.06. The highest BCUT2D eigenvalue weighted by atomic mass is 14.7. The molecule has 0 unspecified atom stereocenters. The van der Waals surface area contributed by atoms with Crippen molar-refractivity contribution in [2.75, 3.05) is 0 Å². The van der Waals surface area contributed by atoms with Crippen LogP contribution >= 0.6 is 0 Å². The number of allylic oxidation sites excluding steroid dienone is 4. The predicted octanol–water partition coefficient (Wildman–Crippen LogP) is 3.40. The molecule has 0 radical (unpaired) electrons. The number of aromatic nitrogens is 1. The molecule has 0 saturated carbocycles. The summed E-state index contributed by atoms with van der Waals surface area (Å²) in [4.78, 5) is 8.13. The smallest absolute Gasteiger partial charge is 0.0373 e. The maximum absolute atomic E-state index is 4.26. The van der Waals surface area contributed by atoms with Crippen LogP contribution in [0.1, 0.15) is 25.1 Å². The van der Waals surface area contributed by atoms with Crippen LogP contribution in [0.5, 0.6) is 0 Å². The van der Waals surface area contributed by atoms with E-state index in [0.29, 0.717) is 0 Å². The molecule has 0 aliphatic heterocycles. The molecular formula is C13H16N2. The maximum atomic E-state index is 4.26. The van der Waals surface area contributed by atoms with Gasteiger partial charge in [0, 0.05) is 17.6 Å². The van der Waals surface area contributed by atoms with Gasteiger partial charge in [0.1, 0.15) is 0 Å². The first-order valence-electron chi connectivity index (χ1n) is 4.91. The molecule has 0 spiro atoms. The van der Waals surface area contributed by atoms with Crippen LogP contribution in [0.25, 0.3) is 5.57 Å². The summed E-state index contributed by atoms with van der Waals surface area (Å²) in [6.07, 6.45) is 5.91. The molecule has 1 aromatic heterocycles. The van der Waals surface area contributed by atoms with E-state index in [-0.39, 0.29) is 0 Å². The van der Waals surface area contributed by atoms with E-state index in [9.17, 15) is 0 Å². The SMILES string of the molecule is C=N/C(C)=C\C(=C/C)c1ccc(C)nc1. The Morgan fingerprint density at radius 1 is 1.47 bits per heavy atom. The van der Waals surface area contributed by atoms with Crippen molar-refractivity contribution in [2.24, 2.45) is 4.99 Å². The number of nitrogens with zero attached hydrogens (tertiary/aromatic N) is 2. The first kappa shape index (κ1) is 11.4. The summed E-state index contributed by atoms with van der Waals surface area (Å²) in [5.74, 6) is 0. The Balaban J connectivity index is 3.04. The zero-order valence-electron chi connectivity index (χ0n) is 9.49. The Labute approximate surface area is 91.1 Å². The first-order chi connectivity index (χ1) is 7.17. The summed E-state index contributed by atoms with van der Waals surface area (Å²) >= 11 is 0. The molecule has 0 aliphatic carbocycles. The molecule has 0 saturated heterocycles. The van der Waals surface area contributed by atoms with Gasteiger partial charge < -0.3 is 0 Å². The lowest BCUT2D eigenvalue weighted by Gasteiger charge is -2.02. The molecule has 2 heteroatoms. The number of aryl methyl sites for hydroxylation is 1. The predicted molar refractivity (Wildman–Crippen MR) is 65.9 cm³/mol. The standard InChI is InChI=1S/C13H16N2/c1-5-12(8-11(3)14-4)13-7-6-10(2)15-9-13/h5-9H,4H2,1-3H3/b11-8-,12-5+. The van der Waals surface area contributed by atoms with Gasteiger partial charge in [-0.2, -0.15) is 0 Å². The Bertz CT molecular complexity index is 397. The Kier molecular flexibility index (Phi) is 3.98. The molecule has 78 valence electrons. The van der Waals surface area contributed by atoms with Crippen molar-refractivity contribution >= 4 is 12.3 Å². The summed E-state index contributed by atoms with van der Waals surface area (Å²) in [5, 5.41) is 0. The lowest BCUT2D eigenvalue weighted by molar-refractivity contribution is 1.19. The molecule has 0 amide bonds. The van der Waals surface area contributed by atoms with Crippen LogP contribution in [0.3, 0.4) is 0 Å². The molecule has 2 nitrogen and oxygen atoms in total. The van der Waals surface area contributed by atoms with Gasteiger partial charge in [0.2, 0.25) is 0 Å². The van der Waals surface area contributed by atoms with Gasteiger partial charge in [-0.15, -0.1) is 0 Å². The lowest BCUT2D eigenvalue weighted by Crippen LogP contribution is -1.86. The topological polar surface area (TPSA) is 25.2 Å². The van der Waals surface area contributed by atoms with Gasteiger partial charge in [-0.3, -0.25) is 9.98 Å². The van der Waals surface area contributed by atoms with Crippen molar-refractivity contribution in [3.8, 4) is 0 Å². The zero-order chi connectivity index (χ0) is 11.3. The summed E-state index contributed by atoms with van der Waals surface area (Å²) in [7, 11) is 0. The quantitative estimate of drug-likeness (QED) is 0.542. The summed E-state index contributed by atoms with van der Waals surface area (Å²) < 4.78 is 0. The van der Waals surface area contributed by atoms with Crippen LogP contribution in [-0.2, 0) is 0 Å². The van der Waals surface area contributed by atoms with Crippen molar-refractivity contribution in [3.63, 3.8) is 0 Å². The number of pyridine rings is 1.